The Labute approximate surface area is 76.8 Å². The van der Waals surface area contributed by atoms with E-state index in [0.29, 0.717) is 12.8 Å². The zero-order valence-corrected chi connectivity index (χ0v) is 7.27. The zero-order valence-electron chi connectivity index (χ0n) is 7.27. The van der Waals surface area contributed by atoms with Crippen LogP contribution in [0.3, 0.4) is 0 Å². The molecule has 1 fully saturated rings. The van der Waals surface area contributed by atoms with Crippen LogP contribution in [-0.4, -0.2) is 16.3 Å². The summed E-state index contributed by atoms with van der Waals surface area (Å²) >= 11 is 0. The van der Waals surface area contributed by atoms with E-state index in [0.717, 1.165) is 5.56 Å². The summed E-state index contributed by atoms with van der Waals surface area (Å²) in [6, 6.07) is 7.03. The summed E-state index contributed by atoms with van der Waals surface area (Å²) < 4.78 is 0. The minimum Gasteiger partial charge on any atom is -0.508 e. The van der Waals surface area contributed by atoms with E-state index in [-0.39, 0.29) is 11.9 Å². The standard InChI is InChI=1S/C10H13NO2/c11-10(5-7(12)6-10)8-3-1-2-4-9(8)13/h1-4,7,12-13H,5-6,11H2. The highest BCUT2D eigenvalue weighted by atomic mass is 16.3. The van der Waals surface area contributed by atoms with Gasteiger partial charge >= 0.3 is 0 Å². The number of hydrogen-bond acceptors (Lipinski definition) is 3. The molecule has 4 N–H and O–H groups in total. The van der Waals surface area contributed by atoms with Crippen molar-refractivity contribution in [2.75, 3.05) is 0 Å². The zero-order chi connectivity index (χ0) is 9.47. The van der Waals surface area contributed by atoms with E-state index in [1.807, 2.05) is 6.07 Å². The van der Waals surface area contributed by atoms with Crippen LogP contribution in [0, 0.1) is 0 Å². The van der Waals surface area contributed by atoms with Crippen molar-refractivity contribution in [2.24, 2.45) is 5.73 Å². The first-order valence-electron chi connectivity index (χ1n) is 4.37. The highest BCUT2D eigenvalue weighted by Crippen LogP contribution is 2.42. The topological polar surface area (TPSA) is 66.5 Å². The summed E-state index contributed by atoms with van der Waals surface area (Å²) in [6.07, 6.45) is 0.749. The van der Waals surface area contributed by atoms with Gasteiger partial charge in [-0.2, -0.15) is 0 Å². The third-order valence-corrected chi connectivity index (χ3v) is 2.64. The van der Waals surface area contributed by atoms with Gasteiger partial charge in [0.15, 0.2) is 0 Å². The lowest BCUT2D eigenvalue weighted by Gasteiger charge is -2.42. The largest absolute Gasteiger partial charge is 0.508 e. The van der Waals surface area contributed by atoms with Crippen molar-refractivity contribution in [3.8, 4) is 5.75 Å². The number of hydrogen-bond donors (Lipinski definition) is 3. The van der Waals surface area contributed by atoms with Gasteiger partial charge in [0.25, 0.3) is 0 Å². The second kappa shape index (κ2) is 2.72. The first-order valence-corrected chi connectivity index (χ1v) is 4.37. The Morgan fingerprint density at radius 2 is 1.92 bits per heavy atom. The van der Waals surface area contributed by atoms with Gasteiger partial charge in [0.1, 0.15) is 5.75 Å². The van der Waals surface area contributed by atoms with E-state index in [4.69, 9.17) is 5.73 Å². The minimum atomic E-state index is -0.523. The number of nitrogens with two attached hydrogens (primary N) is 1. The lowest BCUT2D eigenvalue weighted by atomic mass is 9.70. The summed E-state index contributed by atoms with van der Waals surface area (Å²) in [5.74, 6) is 0.219. The Balaban J connectivity index is 2.31. The molecular weight excluding hydrogens is 166 g/mol. The van der Waals surface area contributed by atoms with Gasteiger partial charge in [-0.1, -0.05) is 18.2 Å². The van der Waals surface area contributed by atoms with Gasteiger partial charge in [-0.05, 0) is 18.9 Å². The fraction of sp³-hybridized carbons (Fsp3) is 0.400. The Hall–Kier alpha value is -1.06. The number of phenolic OH excluding ortho intramolecular Hbond substituents is 1. The molecule has 3 nitrogen and oxygen atoms in total. The third kappa shape index (κ3) is 1.30. The van der Waals surface area contributed by atoms with E-state index in [1.54, 1.807) is 18.2 Å². The van der Waals surface area contributed by atoms with Crippen LogP contribution in [-0.2, 0) is 5.54 Å². The molecule has 70 valence electrons. The molecule has 0 amide bonds. The predicted octanol–water partition coefficient (Wildman–Crippen LogP) is 0.701. The van der Waals surface area contributed by atoms with Crippen molar-refractivity contribution >= 4 is 0 Å². The highest BCUT2D eigenvalue weighted by molar-refractivity contribution is 5.39. The average Bonchev–Trinajstić information content (AvgIpc) is 2.02. The van der Waals surface area contributed by atoms with Crippen LogP contribution >= 0.6 is 0 Å². The van der Waals surface area contributed by atoms with Gasteiger partial charge in [-0.15, -0.1) is 0 Å². The first kappa shape index (κ1) is 8.53. The number of benzene rings is 1. The molecule has 1 aliphatic carbocycles. The SMILES string of the molecule is NC1(c2ccccc2O)CC(O)C1. The molecule has 1 aromatic rings. The van der Waals surface area contributed by atoms with Crippen molar-refractivity contribution in [3.63, 3.8) is 0 Å². The van der Waals surface area contributed by atoms with Crippen LogP contribution < -0.4 is 5.73 Å². The molecule has 1 aromatic carbocycles. The second-order valence-corrected chi connectivity index (χ2v) is 3.74. The molecule has 0 unspecified atom stereocenters. The summed E-state index contributed by atoms with van der Waals surface area (Å²) in [5, 5.41) is 18.7. The molecule has 0 aliphatic heterocycles. The smallest absolute Gasteiger partial charge is 0.120 e. The van der Waals surface area contributed by atoms with Gasteiger partial charge in [0.05, 0.1) is 6.10 Å². The Morgan fingerprint density at radius 3 is 2.46 bits per heavy atom. The molecule has 0 saturated heterocycles. The molecule has 13 heavy (non-hydrogen) atoms. The quantitative estimate of drug-likeness (QED) is 0.594. The number of phenols is 1. The fourth-order valence-corrected chi connectivity index (χ4v) is 1.90. The number of aliphatic hydroxyl groups excluding tert-OH is 1. The van der Waals surface area contributed by atoms with Crippen LogP contribution in [0.1, 0.15) is 18.4 Å². The molecule has 2 rings (SSSR count). The monoisotopic (exact) mass is 179 g/mol. The van der Waals surface area contributed by atoms with Gasteiger partial charge in [0, 0.05) is 11.1 Å². The summed E-state index contributed by atoms with van der Waals surface area (Å²) in [5.41, 5.74) is 6.21. The van der Waals surface area contributed by atoms with Crippen LogP contribution in [0.25, 0.3) is 0 Å². The van der Waals surface area contributed by atoms with Crippen molar-refractivity contribution in [1.82, 2.24) is 0 Å². The number of aromatic hydroxyl groups is 1. The number of rotatable bonds is 1. The molecule has 1 aliphatic rings. The van der Waals surface area contributed by atoms with Crippen LogP contribution in [0.5, 0.6) is 5.75 Å². The minimum absolute atomic E-state index is 0.219. The maximum Gasteiger partial charge on any atom is 0.120 e. The van der Waals surface area contributed by atoms with Crippen LogP contribution in [0.2, 0.25) is 0 Å². The number of para-hydroxylation sites is 1. The second-order valence-electron chi connectivity index (χ2n) is 3.74. The molecule has 0 bridgehead atoms. The summed E-state index contributed by atoms with van der Waals surface area (Å²) in [7, 11) is 0. The van der Waals surface area contributed by atoms with E-state index >= 15 is 0 Å². The van der Waals surface area contributed by atoms with Crippen molar-refractivity contribution in [2.45, 2.75) is 24.5 Å². The predicted molar refractivity (Wildman–Crippen MR) is 49.2 cm³/mol. The lowest BCUT2D eigenvalue weighted by molar-refractivity contribution is 0.0199. The maximum absolute atomic E-state index is 9.54. The summed E-state index contributed by atoms with van der Waals surface area (Å²) in [4.78, 5) is 0. The fourth-order valence-electron chi connectivity index (χ4n) is 1.90. The Kier molecular flexibility index (Phi) is 1.78. The van der Waals surface area contributed by atoms with Gasteiger partial charge in [-0.25, -0.2) is 0 Å². The van der Waals surface area contributed by atoms with Crippen molar-refractivity contribution in [3.05, 3.63) is 29.8 Å². The molecule has 0 radical (unpaired) electrons. The van der Waals surface area contributed by atoms with E-state index in [2.05, 4.69) is 0 Å². The summed E-state index contributed by atoms with van der Waals surface area (Å²) in [6.45, 7) is 0. The van der Waals surface area contributed by atoms with Gasteiger partial charge in [-0.3, -0.25) is 0 Å². The van der Waals surface area contributed by atoms with Gasteiger partial charge in [0.2, 0.25) is 0 Å². The van der Waals surface area contributed by atoms with E-state index < -0.39 is 5.54 Å². The van der Waals surface area contributed by atoms with Crippen LogP contribution in [0.4, 0.5) is 0 Å². The number of aliphatic hydroxyl groups is 1. The van der Waals surface area contributed by atoms with Crippen molar-refractivity contribution in [1.29, 1.82) is 0 Å². The highest BCUT2D eigenvalue weighted by Gasteiger charge is 2.42. The normalized spacial score (nSPS) is 32.6. The molecule has 0 heterocycles. The molecule has 0 atom stereocenters. The van der Waals surface area contributed by atoms with E-state index in [9.17, 15) is 10.2 Å². The molecule has 3 heteroatoms. The molecule has 1 saturated carbocycles. The average molecular weight is 179 g/mol. The Bertz CT molecular complexity index is 318. The Morgan fingerprint density at radius 1 is 1.31 bits per heavy atom. The molecule has 0 aromatic heterocycles. The molecule has 0 spiro atoms. The van der Waals surface area contributed by atoms with E-state index in [1.165, 1.54) is 0 Å². The van der Waals surface area contributed by atoms with Crippen LogP contribution in [0.15, 0.2) is 24.3 Å². The third-order valence-electron chi connectivity index (χ3n) is 2.64. The lowest BCUT2D eigenvalue weighted by Crippen LogP contribution is -2.51. The molecular formula is C10H13NO2. The maximum atomic E-state index is 9.54. The van der Waals surface area contributed by atoms with Crippen molar-refractivity contribution < 1.29 is 10.2 Å². The first-order chi connectivity index (χ1) is 6.12. The van der Waals surface area contributed by atoms with Gasteiger partial charge < -0.3 is 15.9 Å².